The molecule has 0 amide bonds. The van der Waals surface area contributed by atoms with E-state index in [1.165, 1.54) is 12.3 Å². The fourth-order valence-corrected chi connectivity index (χ4v) is 1.14. The van der Waals surface area contributed by atoms with E-state index in [1.807, 2.05) is 6.92 Å². The summed E-state index contributed by atoms with van der Waals surface area (Å²) in [5.74, 6) is -0.355. The lowest BCUT2D eigenvalue weighted by molar-refractivity contribution is -0.138. The Bertz CT molecular complexity index is 231. The number of hydrogen-bond donors (Lipinski definition) is 0. The van der Waals surface area contributed by atoms with Crippen LogP contribution in [0.15, 0.2) is 12.3 Å². The average Bonchev–Trinajstić information content (AvgIpc) is 2.19. The fraction of sp³-hybridized carbons (Fsp3) is 0.727. The number of carbonyl (C=O) groups is 1. The van der Waals surface area contributed by atoms with Crippen LogP contribution in [0.5, 0.6) is 0 Å². The topological polar surface area (TPSA) is 44.8 Å². The van der Waals surface area contributed by atoms with Crippen molar-refractivity contribution >= 4 is 5.97 Å². The molecule has 0 radical (unpaired) electrons. The lowest BCUT2D eigenvalue weighted by Gasteiger charge is -2.36. The van der Waals surface area contributed by atoms with E-state index in [2.05, 4.69) is 6.92 Å². The maximum atomic E-state index is 11.0. The molecule has 0 aromatic rings. The first-order valence-electron chi connectivity index (χ1n) is 5.19. The molecule has 0 saturated carbocycles. The summed E-state index contributed by atoms with van der Waals surface area (Å²) in [6, 6.07) is 0. The summed E-state index contributed by atoms with van der Waals surface area (Å²) in [5, 5.41) is 0. The summed E-state index contributed by atoms with van der Waals surface area (Å²) in [6.07, 6.45) is 3.52. The molecule has 4 nitrogen and oxygen atoms in total. The van der Waals surface area contributed by atoms with Crippen LogP contribution in [0, 0.1) is 5.41 Å². The SMILES string of the molecule is CCCOC(=O)C=COCC1(C)COC1. The Morgan fingerprint density at radius 3 is 2.80 bits per heavy atom. The Morgan fingerprint density at radius 2 is 2.27 bits per heavy atom. The number of carbonyl (C=O) groups excluding carboxylic acids is 1. The highest BCUT2D eigenvalue weighted by molar-refractivity contribution is 5.81. The van der Waals surface area contributed by atoms with Gasteiger partial charge >= 0.3 is 5.97 Å². The highest BCUT2D eigenvalue weighted by Gasteiger charge is 2.33. The van der Waals surface area contributed by atoms with Crippen LogP contribution in [0.4, 0.5) is 0 Å². The van der Waals surface area contributed by atoms with E-state index < -0.39 is 0 Å². The maximum absolute atomic E-state index is 11.0. The molecule has 0 aromatic carbocycles. The van der Waals surface area contributed by atoms with Crippen molar-refractivity contribution in [1.82, 2.24) is 0 Å². The van der Waals surface area contributed by atoms with Gasteiger partial charge in [-0.3, -0.25) is 0 Å². The van der Waals surface area contributed by atoms with Crippen molar-refractivity contribution in [3.8, 4) is 0 Å². The summed E-state index contributed by atoms with van der Waals surface area (Å²) in [6.45, 7) is 6.51. The van der Waals surface area contributed by atoms with Gasteiger partial charge in [0.25, 0.3) is 0 Å². The molecule has 0 aliphatic carbocycles. The molecule has 86 valence electrons. The standard InChI is InChI=1S/C11H18O4/c1-3-5-15-10(12)4-6-13-7-11(2)8-14-9-11/h4,6H,3,5,7-9H2,1-2H3. The number of hydrogen-bond acceptors (Lipinski definition) is 4. The van der Waals surface area contributed by atoms with E-state index in [4.69, 9.17) is 14.2 Å². The molecular formula is C11H18O4. The van der Waals surface area contributed by atoms with E-state index >= 15 is 0 Å². The van der Waals surface area contributed by atoms with Crippen LogP contribution in [0.2, 0.25) is 0 Å². The molecule has 0 aromatic heterocycles. The smallest absolute Gasteiger partial charge is 0.333 e. The van der Waals surface area contributed by atoms with E-state index in [0.717, 1.165) is 19.6 Å². The summed E-state index contributed by atoms with van der Waals surface area (Å²) in [5.41, 5.74) is 0.109. The molecule has 0 bridgehead atoms. The predicted octanol–water partition coefficient (Wildman–Crippen LogP) is 1.51. The van der Waals surface area contributed by atoms with Crippen LogP contribution in [-0.2, 0) is 19.0 Å². The molecule has 0 atom stereocenters. The van der Waals surface area contributed by atoms with Crippen molar-refractivity contribution in [2.45, 2.75) is 20.3 Å². The molecule has 0 spiro atoms. The molecule has 1 aliphatic heterocycles. The zero-order valence-electron chi connectivity index (χ0n) is 9.32. The molecule has 15 heavy (non-hydrogen) atoms. The molecule has 0 unspecified atom stereocenters. The number of esters is 1. The molecule has 0 N–H and O–H groups in total. The van der Waals surface area contributed by atoms with Crippen LogP contribution in [0.1, 0.15) is 20.3 Å². The minimum Gasteiger partial charge on any atom is -0.500 e. The zero-order valence-corrected chi connectivity index (χ0v) is 9.32. The third-order valence-electron chi connectivity index (χ3n) is 2.08. The minimum absolute atomic E-state index is 0.109. The molecule has 1 aliphatic rings. The van der Waals surface area contributed by atoms with Gasteiger partial charge in [0, 0.05) is 5.41 Å². The second kappa shape index (κ2) is 5.75. The van der Waals surface area contributed by atoms with Gasteiger partial charge in [0.05, 0.1) is 38.8 Å². The van der Waals surface area contributed by atoms with Crippen molar-refractivity contribution in [1.29, 1.82) is 0 Å². The Kier molecular flexibility index (Phi) is 4.62. The van der Waals surface area contributed by atoms with Gasteiger partial charge < -0.3 is 14.2 Å². The lowest BCUT2D eigenvalue weighted by Crippen LogP contribution is -2.43. The summed E-state index contributed by atoms with van der Waals surface area (Å²) in [4.78, 5) is 11.0. The van der Waals surface area contributed by atoms with Crippen molar-refractivity contribution in [3.05, 3.63) is 12.3 Å². The van der Waals surface area contributed by atoms with Crippen LogP contribution >= 0.6 is 0 Å². The second-order valence-electron chi connectivity index (χ2n) is 4.08. The summed E-state index contributed by atoms with van der Waals surface area (Å²) >= 11 is 0. The first-order chi connectivity index (χ1) is 7.16. The van der Waals surface area contributed by atoms with Crippen molar-refractivity contribution < 1.29 is 19.0 Å². The largest absolute Gasteiger partial charge is 0.500 e. The average molecular weight is 214 g/mol. The maximum Gasteiger partial charge on any atom is 0.333 e. The van der Waals surface area contributed by atoms with Gasteiger partial charge in [0.1, 0.15) is 0 Å². The van der Waals surface area contributed by atoms with E-state index in [0.29, 0.717) is 13.2 Å². The first kappa shape index (κ1) is 12.0. The Morgan fingerprint density at radius 1 is 1.53 bits per heavy atom. The predicted molar refractivity (Wildman–Crippen MR) is 55.3 cm³/mol. The zero-order chi connectivity index (χ0) is 11.1. The van der Waals surface area contributed by atoms with Crippen molar-refractivity contribution in [2.75, 3.05) is 26.4 Å². The van der Waals surface area contributed by atoms with Gasteiger partial charge in [-0.15, -0.1) is 0 Å². The van der Waals surface area contributed by atoms with Gasteiger partial charge in [-0.1, -0.05) is 13.8 Å². The Hall–Kier alpha value is -1.03. The summed E-state index contributed by atoms with van der Waals surface area (Å²) < 4.78 is 15.1. The highest BCUT2D eigenvalue weighted by Crippen LogP contribution is 2.26. The van der Waals surface area contributed by atoms with Crippen molar-refractivity contribution in [3.63, 3.8) is 0 Å². The van der Waals surface area contributed by atoms with Gasteiger partial charge in [0.2, 0.25) is 0 Å². The molecular weight excluding hydrogens is 196 g/mol. The first-order valence-corrected chi connectivity index (χ1v) is 5.19. The monoisotopic (exact) mass is 214 g/mol. The van der Waals surface area contributed by atoms with Crippen LogP contribution in [0.25, 0.3) is 0 Å². The van der Waals surface area contributed by atoms with Gasteiger partial charge in [-0.25, -0.2) is 4.79 Å². The molecule has 1 heterocycles. The van der Waals surface area contributed by atoms with Gasteiger partial charge in [-0.05, 0) is 6.42 Å². The Balaban J connectivity index is 2.08. The van der Waals surface area contributed by atoms with Crippen LogP contribution < -0.4 is 0 Å². The highest BCUT2D eigenvalue weighted by atomic mass is 16.5. The fourth-order valence-electron chi connectivity index (χ4n) is 1.14. The molecule has 4 heteroatoms. The van der Waals surface area contributed by atoms with Crippen LogP contribution in [-0.4, -0.2) is 32.4 Å². The lowest BCUT2D eigenvalue weighted by atomic mass is 9.90. The Labute approximate surface area is 90.2 Å². The third-order valence-corrected chi connectivity index (χ3v) is 2.08. The van der Waals surface area contributed by atoms with Crippen LogP contribution in [0.3, 0.4) is 0 Å². The van der Waals surface area contributed by atoms with Gasteiger partial charge in [-0.2, -0.15) is 0 Å². The quantitative estimate of drug-likeness (QED) is 0.382. The van der Waals surface area contributed by atoms with E-state index in [-0.39, 0.29) is 11.4 Å². The van der Waals surface area contributed by atoms with Gasteiger partial charge in [0.15, 0.2) is 0 Å². The number of rotatable bonds is 6. The van der Waals surface area contributed by atoms with E-state index in [1.54, 1.807) is 0 Å². The molecule has 1 saturated heterocycles. The summed E-state index contributed by atoms with van der Waals surface area (Å²) in [7, 11) is 0. The normalized spacial score (nSPS) is 18.5. The number of ether oxygens (including phenoxy) is 3. The second-order valence-corrected chi connectivity index (χ2v) is 4.08. The molecule has 1 rings (SSSR count). The molecule has 1 fully saturated rings. The van der Waals surface area contributed by atoms with Crippen molar-refractivity contribution in [2.24, 2.45) is 5.41 Å². The third kappa shape index (κ3) is 4.34. The van der Waals surface area contributed by atoms with E-state index in [9.17, 15) is 4.79 Å². The minimum atomic E-state index is -0.355.